The number of aryl methyl sites for hydroxylation is 1. The number of rotatable bonds is 12. The molecular formula is C28H32FN3O3. The molecule has 7 heteroatoms. The molecule has 0 amide bonds. The summed E-state index contributed by atoms with van der Waals surface area (Å²) >= 11 is 0. The topological polar surface area (TPSA) is 108 Å². The van der Waals surface area contributed by atoms with Crippen LogP contribution in [0.1, 0.15) is 55.0 Å². The number of nitrogens with one attached hydrogen (secondary N) is 2. The highest BCUT2D eigenvalue weighted by molar-refractivity contribution is 5.95. The van der Waals surface area contributed by atoms with E-state index in [0.717, 1.165) is 18.4 Å². The first-order valence-electron chi connectivity index (χ1n) is 11.8. The van der Waals surface area contributed by atoms with Crippen molar-refractivity contribution in [3.8, 4) is 5.75 Å². The molecule has 35 heavy (non-hydrogen) atoms. The quantitative estimate of drug-likeness (QED) is 0.198. The molecule has 0 fully saturated rings. The summed E-state index contributed by atoms with van der Waals surface area (Å²) in [5, 5.41) is 20.6. The molecule has 0 saturated heterocycles. The number of hydrogen-bond acceptors (Lipinski definition) is 4. The molecule has 0 aliphatic carbocycles. The fourth-order valence-corrected chi connectivity index (χ4v) is 3.93. The Hall–Kier alpha value is -3.87. The summed E-state index contributed by atoms with van der Waals surface area (Å²) in [5.74, 6) is -0.782. The van der Waals surface area contributed by atoms with Gasteiger partial charge >= 0.3 is 5.97 Å². The summed E-state index contributed by atoms with van der Waals surface area (Å²) in [6.07, 6.45) is 2.50. The van der Waals surface area contributed by atoms with Crippen LogP contribution in [0.3, 0.4) is 0 Å². The van der Waals surface area contributed by atoms with E-state index in [1.54, 1.807) is 48.5 Å². The van der Waals surface area contributed by atoms with Gasteiger partial charge in [-0.15, -0.1) is 0 Å². The van der Waals surface area contributed by atoms with Crippen LogP contribution >= 0.6 is 0 Å². The molecule has 5 N–H and O–H groups in total. The summed E-state index contributed by atoms with van der Waals surface area (Å²) < 4.78 is 20.4. The van der Waals surface area contributed by atoms with E-state index >= 15 is 0 Å². The lowest BCUT2D eigenvalue weighted by Crippen LogP contribution is -2.22. The third kappa shape index (κ3) is 7.06. The number of carboxylic acids is 1. The monoisotopic (exact) mass is 477 g/mol. The highest BCUT2D eigenvalue weighted by Crippen LogP contribution is 2.28. The zero-order chi connectivity index (χ0) is 25.4. The highest BCUT2D eigenvalue weighted by Gasteiger charge is 2.22. The van der Waals surface area contributed by atoms with Gasteiger partial charge in [0.05, 0.1) is 0 Å². The highest BCUT2D eigenvalue weighted by atomic mass is 19.1. The van der Waals surface area contributed by atoms with Gasteiger partial charge < -0.3 is 20.9 Å². The SMILES string of the molecule is CCCc1cc(OC(CC)Cc2ccccc2F)cc(C(Nc2ccc(C(=N)N)cc2)C(=O)O)c1. The number of halogens is 1. The average Bonchev–Trinajstić information content (AvgIpc) is 2.83. The Morgan fingerprint density at radius 1 is 1.11 bits per heavy atom. The van der Waals surface area contributed by atoms with Gasteiger partial charge in [0.2, 0.25) is 0 Å². The molecule has 3 aromatic carbocycles. The van der Waals surface area contributed by atoms with Crippen LogP contribution in [0.4, 0.5) is 10.1 Å². The lowest BCUT2D eigenvalue weighted by molar-refractivity contribution is -0.138. The number of benzene rings is 3. The molecule has 0 heterocycles. The van der Waals surface area contributed by atoms with Crippen molar-refractivity contribution in [3.05, 3.63) is 94.8 Å². The van der Waals surface area contributed by atoms with Gasteiger partial charge in [-0.05, 0) is 72.0 Å². The molecule has 6 nitrogen and oxygen atoms in total. The predicted molar refractivity (Wildman–Crippen MR) is 137 cm³/mol. The third-order valence-corrected chi connectivity index (χ3v) is 5.78. The summed E-state index contributed by atoms with van der Waals surface area (Å²) in [4.78, 5) is 12.2. The van der Waals surface area contributed by atoms with Crippen LogP contribution < -0.4 is 15.8 Å². The number of amidine groups is 1. The fourth-order valence-electron chi connectivity index (χ4n) is 3.93. The standard InChI is InChI=1S/C28H32FN3O3/c1-3-7-18-14-21(26(28(33)34)32-22-12-10-19(11-13-22)27(30)31)17-24(15-18)35-23(4-2)16-20-8-5-6-9-25(20)29/h5-6,8-15,17,23,26,32H,3-4,7,16H2,1-2H3,(H3,30,31)(H,33,34). The molecule has 0 aliphatic rings. The zero-order valence-corrected chi connectivity index (χ0v) is 20.1. The largest absolute Gasteiger partial charge is 0.490 e. The van der Waals surface area contributed by atoms with Gasteiger partial charge in [-0.3, -0.25) is 5.41 Å². The third-order valence-electron chi connectivity index (χ3n) is 5.78. The van der Waals surface area contributed by atoms with E-state index < -0.39 is 12.0 Å². The maximum Gasteiger partial charge on any atom is 0.330 e. The fraction of sp³-hybridized carbons (Fsp3) is 0.286. The maximum absolute atomic E-state index is 14.2. The number of nitrogen functional groups attached to an aromatic ring is 1. The minimum atomic E-state index is -1.03. The molecule has 0 bridgehead atoms. The van der Waals surface area contributed by atoms with Crippen LogP contribution in [-0.2, 0) is 17.6 Å². The Labute approximate surface area is 205 Å². The van der Waals surface area contributed by atoms with Crippen LogP contribution in [0.15, 0.2) is 66.7 Å². The van der Waals surface area contributed by atoms with Crippen molar-refractivity contribution in [3.63, 3.8) is 0 Å². The normalized spacial score (nSPS) is 12.5. The van der Waals surface area contributed by atoms with Crippen LogP contribution in [0.5, 0.6) is 5.75 Å². The zero-order valence-electron chi connectivity index (χ0n) is 20.1. The minimum absolute atomic E-state index is 0.0544. The number of aliphatic carboxylic acids is 1. The predicted octanol–water partition coefficient (Wildman–Crippen LogP) is 5.70. The minimum Gasteiger partial charge on any atom is -0.490 e. The Bertz CT molecular complexity index is 1160. The average molecular weight is 478 g/mol. The number of carboxylic acid groups (broad SMARTS) is 1. The molecule has 0 aliphatic heterocycles. The number of anilines is 1. The van der Waals surface area contributed by atoms with Gasteiger partial charge in [-0.25, -0.2) is 9.18 Å². The van der Waals surface area contributed by atoms with Crippen molar-refractivity contribution in [2.45, 2.75) is 51.7 Å². The Balaban J connectivity index is 1.88. The van der Waals surface area contributed by atoms with E-state index in [4.69, 9.17) is 15.9 Å². The summed E-state index contributed by atoms with van der Waals surface area (Å²) in [7, 11) is 0. The number of hydrogen-bond donors (Lipinski definition) is 4. The van der Waals surface area contributed by atoms with E-state index in [1.807, 2.05) is 19.1 Å². The number of carbonyl (C=O) groups is 1. The number of nitrogens with two attached hydrogens (primary N) is 1. The molecule has 3 rings (SSSR count). The van der Waals surface area contributed by atoms with Crippen molar-refractivity contribution < 1.29 is 19.0 Å². The smallest absolute Gasteiger partial charge is 0.330 e. The molecule has 2 atom stereocenters. The van der Waals surface area contributed by atoms with Crippen LogP contribution in [0.25, 0.3) is 0 Å². The van der Waals surface area contributed by atoms with Crippen molar-refractivity contribution in [2.24, 2.45) is 5.73 Å². The van der Waals surface area contributed by atoms with E-state index in [9.17, 15) is 14.3 Å². The van der Waals surface area contributed by atoms with Crippen molar-refractivity contribution >= 4 is 17.5 Å². The maximum atomic E-state index is 14.2. The molecular weight excluding hydrogens is 445 g/mol. The Morgan fingerprint density at radius 3 is 2.43 bits per heavy atom. The van der Waals surface area contributed by atoms with Gasteiger partial charge in [0.1, 0.15) is 23.5 Å². The molecule has 2 unspecified atom stereocenters. The van der Waals surface area contributed by atoms with E-state index in [2.05, 4.69) is 12.2 Å². The first kappa shape index (κ1) is 25.7. The lowest BCUT2D eigenvalue weighted by Gasteiger charge is -2.22. The molecule has 3 aromatic rings. The number of ether oxygens (including phenoxy) is 1. The van der Waals surface area contributed by atoms with Crippen molar-refractivity contribution in [1.82, 2.24) is 0 Å². The first-order chi connectivity index (χ1) is 16.8. The summed E-state index contributed by atoms with van der Waals surface area (Å²) in [6, 6.07) is 17.9. The van der Waals surface area contributed by atoms with E-state index in [-0.39, 0.29) is 17.8 Å². The molecule has 184 valence electrons. The second-order valence-corrected chi connectivity index (χ2v) is 8.51. The van der Waals surface area contributed by atoms with Gasteiger partial charge in [-0.1, -0.05) is 44.5 Å². The van der Waals surface area contributed by atoms with Crippen LogP contribution in [-0.4, -0.2) is 23.0 Å². The van der Waals surface area contributed by atoms with Gasteiger partial charge in [0.25, 0.3) is 0 Å². The Morgan fingerprint density at radius 2 is 1.83 bits per heavy atom. The van der Waals surface area contributed by atoms with Gasteiger partial charge in [-0.2, -0.15) is 0 Å². The summed E-state index contributed by atoms with van der Waals surface area (Å²) in [5.41, 5.74) is 8.79. The second kappa shape index (κ2) is 12.0. The molecule has 0 spiro atoms. The van der Waals surface area contributed by atoms with E-state index in [0.29, 0.717) is 41.0 Å². The van der Waals surface area contributed by atoms with Crippen LogP contribution in [0, 0.1) is 11.2 Å². The van der Waals surface area contributed by atoms with Gasteiger partial charge in [0.15, 0.2) is 6.04 Å². The second-order valence-electron chi connectivity index (χ2n) is 8.51. The van der Waals surface area contributed by atoms with Crippen LogP contribution in [0.2, 0.25) is 0 Å². The van der Waals surface area contributed by atoms with Gasteiger partial charge in [0, 0.05) is 17.7 Å². The molecule has 0 radical (unpaired) electrons. The van der Waals surface area contributed by atoms with Crippen molar-refractivity contribution in [2.75, 3.05) is 5.32 Å². The Kier molecular flexibility index (Phi) is 8.84. The van der Waals surface area contributed by atoms with Crippen molar-refractivity contribution in [1.29, 1.82) is 5.41 Å². The molecule has 0 saturated carbocycles. The molecule has 0 aromatic heterocycles. The lowest BCUT2D eigenvalue weighted by atomic mass is 10.00. The van der Waals surface area contributed by atoms with E-state index in [1.165, 1.54) is 6.07 Å². The first-order valence-corrected chi connectivity index (χ1v) is 11.8. The summed E-state index contributed by atoms with van der Waals surface area (Å²) in [6.45, 7) is 4.04.